The van der Waals surface area contributed by atoms with Crippen molar-refractivity contribution < 1.29 is 13.3 Å². The molecule has 0 aromatic rings. The molecule has 1 atom stereocenters. The summed E-state index contributed by atoms with van der Waals surface area (Å²) in [5, 5.41) is 0. The molecule has 0 bridgehead atoms. The second-order valence-corrected chi connectivity index (χ2v) is 5.37. The van der Waals surface area contributed by atoms with E-state index in [4.69, 9.17) is 4.52 Å². The lowest BCUT2D eigenvalue weighted by atomic mass is 10.2. The number of hydrogen-bond donors (Lipinski definition) is 0. The maximum atomic E-state index is 13.1. The highest BCUT2D eigenvalue weighted by atomic mass is 31.2. The molecule has 2 nitrogen and oxygen atoms in total. The minimum atomic E-state index is -3.79. The fourth-order valence-corrected chi connectivity index (χ4v) is 2.43. The van der Waals surface area contributed by atoms with Gasteiger partial charge >= 0.3 is 7.68 Å². The van der Waals surface area contributed by atoms with Gasteiger partial charge in [0.25, 0.3) is 0 Å². The monoisotopic (exact) mass is 210 g/mol. The van der Waals surface area contributed by atoms with Crippen LogP contribution in [0.2, 0.25) is 0 Å². The van der Waals surface area contributed by atoms with Crippen LogP contribution in [0.25, 0.3) is 0 Å². The van der Waals surface area contributed by atoms with Crippen LogP contribution in [0.3, 0.4) is 0 Å². The summed E-state index contributed by atoms with van der Waals surface area (Å²) in [5.74, 6) is 0. The number of halogens is 1. The van der Waals surface area contributed by atoms with Gasteiger partial charge in [-0.1, -0.05) is 26.2 Å². The van der Waals surface area contributed by atoms with Crippen LogP contribution in [0.1, 0.15) is 46.5 Å². The summed E-state index contributed by atoms with van der Waals surface area (Å²) in [4.78, 5) is 0. The Morgan fingerprint density at radius 3 is 2.38 bits per heavy atom. The molecule has 0 amide bonds. The largest absolute Gasteiger partial charge is 0.367 e. The molecule has 1 unspecified atom stereocenters. The zero-order valence-electron chi connectivity index (χ0n) is 8.75. The third-order valence-corrected chi connectivity index (χ3v) is 3.23. The van der Waals surface area contributed by atoms with Crippen molar-refractivity contribution >= 4 is 7.68 Å². The van der Waals surface area contributed by atoms with Crippen molar-refractivity contribution in [3.05, 3.63) is 0 Å². The summed E-state index contributed by atoms with van der Waals surface area (Å²) in [6, 6.07) is 0. The van der Waals surface area contributed by atoms with Gasteiger partial charge < -0.3 is 4.52 Å². The van der Waals surface area contributed by atoms with Crippen LogP contribution in [-0.4, -0.2) is 12.3 Å². The van der Waals surface area contributed by atoms with Gasteiger partial charge in [-0.15, -0.1) is 0 Å². The predicted octanol–water partition coefficient (Wildman–Crippen LogP) is 4.15. The Bertz CT molecular complexity index is 171. The Morgan fingerprint density at radius 2 is 1.92 bits per heavy atom. The molecule has 13 heavy (non-hydrogen) atoms. The van der Waals surface area contributed by atoms with Crippen molar-refractivity contribution in [3.8, 4) is 0 Å². The van der Waals surface area contributed by atoms with Crippen molar-refractivity contribution in [2.75, 3.05) is 6.16 Å². The smallest absolute Gasteiger partial charge is 0.303 e. The lowest BCUT2D eigenvalue weighted by Crippen LogP contribution is -2.00. The SMILES string of the molecule is CCCCCCP(=O)(F)OC(C)C. The Balaban J connectivity index is 3.57. The fraction of sp³-hybridized carbons (Fsp3) is 1.00. The molecular weight excluding hydrogens is 190 g/mol. The van der Waals surface area contributed by atoms with E-state index in [1.54, 1.807) is 13.8 Å². The molecular formula is C9H20FO2P. The first-order valence-electron chi connectivity index (χ1n) is 4.95. The molecule has 0 aliphatic heterocycles. The van der Waals surface area contributed by atoms with Crippen molar-refractivity contribution in [2.45, 2.75) is 52.6 Å². The summed E-state index contributed by atoms with van der Waals surface area (Å²) in [7, 11) is -3.79. The van der Waals surface area contributed by atoms with Gasteiger partial charge in [-0.3, -0.25) is 4.57 Å². The van der Waals surface area contributed by atoms with E-state index < -0.39 is 7.68 Å². The first-order valence-corrected chi connectivity index (χ1v) is 6.65. The number of unbranched alkanes of at least 4 members (excludes halogenated alkanes) is 3. The van der Waals surface area contributed by atoms with Crippen LogP contribution in [0.4, 0.5) is 4.20 Å². The van der Waals surface area contributed by atoms with Crippen LogP contribution < -0.4 is 0 Å². The van der Waals surface area contributed by atoms with Crippen LogP contribution in [0.15, 0.2) is 0 Å². The van der Waals surface area contributed by atoms with E-state index in [1.807, 2.05) is 0 Å². The molecule has 0 rings (SSSR count). The van der Waals surface area contributed by atoms with Crippen LogP contribution in [-0.2, 0) is 9.09 Å². The molecule has 80 valence electrons. The number of hydrogen-bond acceptors (Lipinski definition) is 2. The third-order valence-electron chi connectivity index (χ3n) is 1.65. The van der Waals surface area contributed by atoms with Gasteiger partial charge in [0.05, 0.1) is 12.3 Å². The molecule has 0 aliphatic carbocycles. The Hall–Kier alpha value is 0.120. The molecule has 0 spiro atoms. The van der Waals surface area contributed by atoms with E-state index in [0.717, 1.165) is 19.3 Å². The molecule has 0 saturated heterocycles. The summed E-state index contributed by atoms with van der Waals surface area (Å²) < 4.78 is 28.9. The topological polar surface area (TPSA) is 26.3 Å². The predicted molar refractivity (Wildman–Crippen MR) is 53.9 cm³/mol. The van der Waals surface area contributed by atoms with Crippen molar-refractivity contribution in [1.29, 1.82) is 0 Å². The minimum Gasteiger partial charge on any atom is -0.303 e. The zero-order valence-corrected chi connectivity index (χ0v) is 9.65. The highest BCUT2D eigenvalue weighted by Gasteiger charge is 2.22. The molecule has 0 radical (unpaired) electrons. The molecule has 0 aromatic carbocycles. The molecule has 0 heterocycles. The Morgan fingerprint density at radius 1 is 1.31 bits per heavy atom. The van der Waals surface area contributed by atoms with E-state index in [0.29, 0.717) is 6.42 Å². The molecule has 0 aliphatic rings. The highest BCUT2D eigenvalue weighted by molar-refractivity contribution is 7.53. The Labute approximate surface area is 80.4 Å². The summed E-state index contributed by atoms with van der Waals surface area (Å²) >= 11 is 0. The molecule has 4 heteroatoms. The second kappa shape index (κ2) is 6.56. The van der Waals surface area contributed by atoms with Gasteiger partial charge in [-0.2, -0.15) is 4.20 Å². The van der Waals surface area contributed by atoms with Crippen molar-refractivity contribution in [3.63, 3.8) is 0 Å². The van der Waals surface area contributed by atoms with Crippen molar-refractivity contribution in [1.82, 2.24) is 0 Å². The molecule has 0 N–H and O–H groups in total. The normalized spacial score (nSPS) is 16.1. The average Bonchev–Trinajstić information content (AvgIpc) is 1.95. The lowest BCUT2D eigenvalue weighted by Gasteiger charge is -2.12. The van der Waals surface area contributed by atoms with E-state index in [2.05, 4.69) is 6.92 Å². The molecule has 0 aromatic heterocycles. The maximum Gasteiger partial charge on any atom is 0.367 e. The van der Waals surface area contributed by atoms with Gasteiger partial charge in [-0.05, 0) is 20.3 Å². The highest BCUT2D eigenvalue weighted by Crippen LogP contribution is 2.50. The van der Waals surface area contributed by atoms with Gasteiger partial charge in [0.15, 0.2) is 0 Å². The van der Waals surface area contributed by atoms with E-state index in [-0.39, 0.29) is 12.3 Å². The summed E-state index contributed by atoms with van der Waals surface area (Å²) in [6.07, 6.45) is 3.55. The van der Waals surface area contributed by atoms with Gasteiger partial charge in [-0.25, -0.2) is 0 Å². The number of rotatable bonds is 7. The van der Waals surface area contributed by atoms with E-state index in [9.17, 15) is 8.76 Å². The van der Waals surface area contributed by atoms with E-state index >= 15 is 0 Å². The Kier molecular flexibility index (Phi) is 6.62. The third kappa shape index (κ3) is 8.45. The summed E-state index contributed by atoms with van der Waals surface area (Å²) in [5.41, 5.74) is 0. The molecule has 0 fully saturated rings. The summed E-state index contributed by atoms with van der Waals surface area (Å²) in [6.45, 7) is 5.47. The quantitative estimate of drug-likeness (QED) is 0.466. The fourth-order valence-electron chi connectivity index (χ4n) is 1.09. The van der Waals surface area contributed by atoms with Crippen LogP contribution in [0.5, 0.6) is 0 Å². The zero-order chi connectivity index (χ0) is 10.3. The second-order valence-electron chi connectivity index (χ2n) is 3.53. The maximum absolute atomic E-state index is 13.1. The van der Waals surface area contributed by atoms with E-state index in [1.165, 1.54) is 0 Å². The van der Waals surface area contributed by atoms with Gasteiger partial charge in [0.1, 0.15) is 0 Å². The standard InChI is InChI=1S/C9H20FO2P/c1-4-5-6-7-8-13(10,11)12-9(2)3/h9H,4-8H2,1-3H3. The lowest BCUT2D eigenvalue weighted by molar-refractivity contribution is 0.223. The first kappa shape index (κ1) is 13.1. The first-order chi connectivity index (χ1) is 5.98. The van der Waals surface area contributed by atoms with Crippen LogP contribution in [0, 0.1) is 0 Å². The van der Waals surface area contributed by atoms with Gasteiger partial charge in [0.2, 0.25) is 0 Å². The van der Waals surface area contributed by atoms with Crippen molar-refractivity contribution in [2.24, 2.45) is 0 Å². The minimum absolute atomic E-state index is 0.0746. The molecule has 0 saturated carbocycles. The van der Waals surface area contributed by atoms with Crippen LogP contribution >= 0.6 is 7.68 Å². The average molecular weight is 210 g/mol. The van der Waals surface area contributed by atoms with Gasteiger partial charge in [0, 0.05) is 0 Å².